The van der Waals surface area contributed by atoms with E-state index in [4.69, 9.17) is 0 Å². The van der Waals surface area contributed by atoms with Gasteiger partial charge in [-0.2, -0.15) is 0 Å². The molecule has 24 heavy (non-hydrogen) atoms. The second-order valence-electron chi connectivity index (χ2n) is 6.53. The van der Waals surface area contributed by atoms with Crippen molar-refractivity contribution < 1.29 is 9.18 Å². The molecule has 0 aliphatic heterocycles. The Morgan fingerprint density at radius 1 is 0.958 bits per heavy atom. The number of nitrogens with one attached hydrogen (secondary N) is 2. The van der Waals surface area contributed by atoms with Crippen molar-refractivity contribution in [3.05, 3.63) is 59.4 Å². The predicted molar refractivity (Wildman–Crippen MR) is 98.1 cm³/mol. The molecule has 0 aliphatic carbocycles. The first-order valence-electron chi connectivity index (χ1n) is 8.30. The van der Waals surface area contributed by atoms with Gasteiger partial charge < -0.3 is 10.6 Å². The van der Waals surface area contributed by atoms with Crippen LogP contribution >= 0.6 is 0 Å². The lowest BCUT2D eigenvalue weighted by atomic mass is 9.92. The number of para-hydroxylation sites is 1. The molecule has 0 fully saturated rings. The molecule has 2 aromatic rings. The molecule has 0 radical (unpaired) electrons. The van der Waals surface area contributed by atoms with E-state index in [-0.39, 0.29) is 18.3 Å². The third-order valence-electron chi connectivity index (χ3n) is 3.93. The van der Waals surface area contributed by atoms with E-state index in [1.807, 2.05) is 6.07 Å². The zero-order valence-corrected chi connectivity index (χ0v) is 14.7. The van der Waals surface area contributed by atoms with Crippen LogP contribution in [0.25, 0.3) is 0 Å². The number of halogens is 1. The minimum Gasteiger partial charge on any atom is -0.376 e. The summed E-state index contributed by atoms with van der Waals surface area (Å²) in [4.78, 5) is 12.4. The third kappa shape index (κ3) is 4.57. The highest BCUT2D eigenvalue weighted by molar-refractivity contribution is 5.95. The Balaban J connectivity index is 2.11. The first-order valence-corrected chi connectivity index (χ1v) is 8.30. The fraction of sp³-hybridized carbons (Fsp3) is 0.350. The first-order chi connectivity index (χ1) is 11.4. The molecule has 2 N–H and O–H groups in total. The van der Waals surface area contributed by atoms with Crippen LogP contribution in [-0.2, 0) is 4.79 Å². The number of benzene rings is 2. The molecule has 0 spiro atoms. The van der Waals surface area contributed by atoms with Gasteiger partial charge in [0.05, 0.1) is 6.54 Å². The van der Waals surface area contributed by atoms with Gasteiger partial charge in [0.1, 0.15) is 5.82 Å². The van der Waals surface area contributed by atoms with Gasteiger partial charge in [0.15, 0.2) is 0 Å². The summed E-state index contributed by atoms with van der Waals surface area (Å²) in [6.45, 7) is 8.60. The largest absolute Gasteiger partial charge is 0.376 e. The number of hydrogen-bond acceptors (Lipinski definition) is 2. The van der Waals surface area contributed by atoms with Crippen molar-refractivity contribution >= 4 is 17.3 Å². The molecule has 1 amide bonds. The van der Waals surface area contributed by atoms with Gasteiger partial charge in [-0.1, -0.05) is 45.9 Å². The van der Waals surface area contributed by atoms with E-state index in [1.54, 1.807) is 12.1 Å². The number of carbonyl (C=O) groups is 1. The Morgan fingerprint density at radius 3 is 2.00 bits per heavy atom. The fourth-order valence-electron chi connectivity index (χ4n) is 2.63. The summed E-state index contributed by atoms with van der Waals surface area (Å²) in [6.07, 6.45) is 0. The summed E-state index contributed by atoms with van der Waals surface area (Å²) in [5.74, 6) is 0.236. The minimum absolute atomic E-state index is 0.116. The summed E-state index contributed by atoms with van der Waals surface area (Å²) in [5.41, 5.74) is 3.90. The van der Waals surface area contributed by atoms with E-state index in [9.17, 15) is 9.18 Å². The molecule has 0 aliphatic rings. The van der Waals surface area contributed by atoms with Crippen molar-refractivity contribution in [1.82, 2.24) is 0 Å². The molecule has 0 aromatic heterocycles. The van der Waals surface area contributed by atoms with Crippen LogP contribution in [0.2, 0.25) is 0 Å². The standard InChI is InChI=1S/C20H25FN2O/c1-13(2)17-6-5-7-18(14(3)4)20(17)23-19(24)12-22-16-10-8-15(21)9-11-16/h5-11,13-14,22H,12H2,1-4H3,(H,23,24). The van der Waals surface area contributed by atoms with Gasteiger partial charge in [-0.05, 0) is 47.2 Å². The Labute approximate surface area is 143 Å². The highest BCUT2D eigenvalue weighted by Crippen LogP contribution is 2.32. The van der Waals surface area contributed by atoms with Crippen LogP contribution < -0.4 is 10.6 Å². The zero-order valence-electron chi connectivity index (χ0n) is 14.7. The predicted octanol–water partition coefficient (Wildman–Crippen LogP) is 5.12. The molecule has 0 heterocycles. The maximum absolute atomic E-state index is 12.9. The number of rotatable bonds is 6. The molecular weight excluding hydrogens is 303 g/mol. The molecule has 0 unspecified atom stereocenters. The Morgan fingerprint density at radius 2 is 1.50 bits per heavy atom. The van der Waals surface area contributed by atoms with Gasteiger partial charge in [-0.15, -0.1) is 0 Å². The molecule has 128 valence electrons. The number of amides is 1. The van der Waals surface area contributed by atoms with Crippen molar-refractivity contribution in [1.29, 1.82) is 0 Å². The molecule has 3 nitrogen and oxygen atoms in total. The lowest BCUT2D eigenvalue weighted by molar-refractivity contribution is -0.114. The maximum atomic E-state index is 12.9. The smallest absolute Gasteiger partial charge is 0.243 e. The average Bonchev–Trinajstić information content (AvgIpc) is 2.54. The first kappa shape index (κ1) is 18.0. The van der Waals surface area contributed by atoms with Gasteiger partial charge in [-0.3, -0.25) is 4.79 Å². The average molecular weight is 328 g/mol. The van der Waals surface area contributed by atoms with Crippen LogP contribution in [0.1, 0.15) is 50.7 Å². The topological polar surface area (TPSA) is 41.1 Å². The van der Waals surface area contributed by atoms with Gasteiger partial charge >= 0.3 is 0 Å². The monoisotopic (exact) mass is 328 g/mol. The summed E-state index contributed by atoms with van der Waals surface area (Å²) < 4.78 is 12.9. The lowest BCUT2D eigenvalue weighted by Gasteiger charge is -2.20. The van der Waals surface area contributed by atoms with Crippen LogP contribution in [-0.4, -0.2) is 12.5 Å². The van der Waals surface area contributed by atoms with Crippen LogP contribution in [0.3, 0.4) is 0 Å². The molecule has 4 heteroatoms. The van der Waals surface area contributed by atoms with E-state index >= 15 is 0 Å². The highest BCUT2D eigenvalue weighted by atomic mass is 19.1. The van der Waals surface area contributed by atoms with E-state index < -0.39 is 0 Å². The second-order valence-corrected chi connectivity index (χ2v) is 6.53. The van der Waals surface area contributed by atoms with Gasteiger partial charge in [0.25, 0.3) is 0 Å². The quantitative estimate of drug-likeness (QED) is 0.772. The van der Waals surface area contributed by atoms with E-state index in [0.717, 1.165) is 16.8 Å². The molecule has 2 rings (SSSR count). The van der Waals surface area contributed by atoms with E-state index in [0.29, 0.717) is 17.5 Å². The van der Waals surface area contributed by atoms with Gasteiger partial charge in [0, 0.05) is 11.4 Å². The van der Waals surface area contributed by atoms with Crippen LogP contribution in [0, 0.1) is 5.82 Å². The van der Waals surface area contributed by atoms with Crippen LogP contribution in [0.5, 0.6) is 0 Å². The van der Waals surface area contributed by atoms with Crippen molar-refractivity contribution in [2.75, 3.05) is 17.2 Å². The van der Waals surface area contributed by atoms with E-state index in [2.05, 4.69) is 50.5 Å². The van der Waals surface area contributed by atoms with Crippen LogP contribution in [0.4, 0.5) is 15.8 Å². The van der Waals surface area contributed by atoms with Crippen LogP contribution in [0.15, 0.2) is 42.5 Å². The normalized spacial score (nSPS) is 11.0. The molecule has 0 bridgehead atoms. The molecule has 0 saturated heterocycles. The summed E-state index contributed by atoms with van der Waals surface area (Å²) in [6, 6.07) is 12.1. The Hall–Kier alpha value is -2.36. The number of anilines is 2. The third-order valence-corrected chi connectivity index (χ3v) is 3.93. The van der Waals surface area contributed by atoms with E-state index in [1.165, 1.54) is 12.1 Å². The second kappa shape index (κ2) is 7.95. The lowest BCUT2D eigenvalue weighted by Crippen LogP contribution is -2.23. The van der Waals surface area contributed by atoms with Crippen molar-refractivity contribution in [3.8, 4) is 0 Å². The molecule has 2 aromatic carbocycles. The number of carbonyl (C=O) groups excluding carboxylic acids is 1. The highest BCUT2D eigenvalue weighted by Gasteiger charge is 2.15. The zero-order chi connectivity index (χ0) is 17.7. The molecular formula is C20H25FN2O. The van der Waals surface area contributed by atoms with Gasteiger partial charge in [0.2, 0.25) is 5.91 Å². The summed E-state index contributed by atoms with van der Waals surface area (Å²) in [7, 11) is 0. The molecule has 0 saturated carbocycles. The summed E-state index contributed by atoms with van der Waals surface area (Å²) >= 11 is 0. The van der Waals surface area contributed by atoms with Crippen molar-refractivity contribution in [2.24, 2.45) is 0 Å². The Kier molecular flexibility index (Phi) is 5.96. The molecule has 0 atom stereocenters. The maximum Gasteiger partial charge on any atom is 0.243 e. The Bertz CT molecular complexity index is 667. The number of hydrogen-bond donors (Lipinski definition) is 2. The fourth-order valence-corrected chi connectivity index (χ4v) is 2.63. The minimum atomic E-state index is -0.294. The van der Waals surface area contributed by atoms with Gasteiger partial charge in [-0.25, -0.2) is 4.39 Å². The van der Waals surface area contributed by atoms with Crippen molar-refractivity contribution in [3.63, 3.8) is 0 Å². The SMILES string of the molecule is CC(C)c1cccc(C(C)C)c1NC(=O)CNc1ccc(F)cc1. The summed E-state index contributed by atoms with van der Waals surface area (Å²) in [5, 5.41) is 6.06. The van der Waals surface area contributed by atoms with Crippen molar-refractivity contribution in [2.45, 2.75) is 39.5 Å².